The Hall–Kier alpha value is -1.28. The van der Waals surface area contributed by atoms with Crippen LogP contribution < -0.4 is 0 Å². The zero-order chi connectivity index (χ0) is 19.8. The van der Waals surface area contributed by atoms with Crippen molar-refractivity contribution in [2.24, 2.45) is 5.92 Å². The van der Waals surface area contributed by atoms with Crippen LogP contribution in [0.4, 0.5) is 0 Å². The summed E-state index contributed by atoms with van der Waals surface area (Å²) < 4.78 is 0. The van der Waals surface area contributed by atoms with E-state index >= 15 is 0 Å². The van der Waals surface area contributed by atoms with Crippen molar-refractivity contribution in [2.45, 2.75) is 129 Å². The number of hydrogen-bond acceptors (Lipinski definition) is 2. The van der Waals surface area contributed by atoms with E-state index < -0.39 is 0 Å². The predicted molar refractivity (Wildman–Crippen MR) is 117 cm³/mol. The highest BCUT2D eigenvalue weighted by Gasteiger charge is 2.02. The van der Waals surface area contributed by atoms with Gasteiger partial charge < -0.3 is 0 Å². The molecule has 0 aromatic carbocycles. The smallest absolute Gasteiger partial charge is 0.0908 e. The predicted octanol–water partition coefficient (Wildman–Crippen LogP) is 8.64. The second-order valence-corrected chi connectivity index (χ2v) is 8.21. The maximum absolute atomic E-state index is 8.49. The Bertz CT molecular complexity index is 400. The average molecular weight is 373 g/mol. The third-order valence-corrected chi connectivity index (χ3v) is 5.50. The molecule has 0 rings (SSSR count). The van der Waals surface area contributed by atoms with Crippen LogP contribution in [0.25, 0.3) is 0 Å². The van der Waals surface area contributed by atoms with E-state index in [2.05, 4.69) is 13.0 Å². The average Bonchev–Trinajstić information content (AvgIpc) is 2.67. The Balaban J connectivity index is 3.18. The zero-order valence-electron chi connectivity index (χ0n) is 18.1. The highest BCUT2D eigenvalue weighted by molar-refractivity contribution is 5.01. The number of rotatable bonds is 20. The maximum Gasteiger partial charge on any atom is 0.0908 e. The van der Waals surface area contributed by atoms with Gasteiger partial charge in [-0.2, -0.15) is 10.5 Å². The van der Waals surface area contributed by atoms with Gasteiger partial charge in [-0.3, -0.25) is 0 Å². The lowest BCUT2D eigenvalue weighted by Gasteiger charge is -2.11. The monoisotopic (exact) mass is 372 g/mol. The number of hydrogen-bond donors (Lipinski definition) is 0. The van der Waals surface area contributed by atoms with Crippen molar-refractivity contribution in [3.63, 3.8) is 0 Å². The van der Waals surface area contributed by atoms with Gasteiger partial charge in [0.25, 0.3) is 0 Å². The second-order valence-electron chi connectivity index (χ2n) is 8.21. The van der Waals surface area contributed by atoms with E-state index in [9.17, 15) is 0 Å². The molecule has 2 heteroatoms. The summed E-state index contributed by atoms with van der Waals surface area (Å²) in [5.41, 5.74) is 0. The van der Waals surface area contributed by atoms with Crippen molar-refractivity contribution >= 4 is 0 Å². The summed E-state index contributed by atoms with van der Waals surface area (Å²) >= 11 is 0. The van der Waals surface area contributed by atoms with Crippen LogP contribution in [0.5, 0.6) is 0 Å². The van der Waals surface area contributed by atoms with Crippen molar-refractivity contribution in [2.75, 3.05) is 0 Å². The molecule has 0 saturated heterocycles. The molecule has 0 saturated carbocycles. The topological polar surface area (TPSA) is 47.6 Å². The van der Waals surface area contributed by atoms with Crippen LogP contribution in [-0.4, -0.2) is 0 Å². The van der Waals surface area contributed by atoms with Gasteiger partial charge in [0.15, 0.2) is 0 Å². The van der Waals surface area contributed by atoms with Crippen LogP contribution in [0.2, 0.25) is 0 Å². The minimum Gasteiger partial charge on any atom is -0.198 e. The van der Waals surface area contributed by atoms with Crippen molar-refractivity contribution in [1.29, 1.82) is 10.5 Å². The molecule has 2 nitrogen and oxygen atoms in total. The molecule has 0 aliphatic rings. The zero-order valence-corrected chi connectivity index (χ0v) is 18.1. The van der Waals surface area contributed by atoms with Crippen LogP contribution in [0.3, 0.4) is 0 Å². The summed E-state index contributed by atoms with van der Waals surface area (Å²) in [6.45, 7) is 2.43. The van der Waals surface area contributed by atoms with E-state index in [1.165, 1.54) is 103 Å². The molecule has 0 spiro atoms. The minimum atomic E-state index is 0.736. The first-order chi connectivity index (χ1) is 13.3. The number of nitrogens with zero attached hydrogens (tertiary/aromatic N) is 2. The molecule has 0 aliphatic carbocycles. The quantitative estimate of drug-likeness (QED) is 0.158. The molecule has 0 fully saturated rings. The molecule has 0 aromatic rings. The third-order valence-electron chi connectivity index (χ3n) is 5.50. The van der Waals surface area contributed by atoms with E-state index in [-0.39, 0.29) is 0 Å². The van der Waals surface area contributed by atoms with Gasteiger partial charge in [-0.25, -0.2) is 0 Å². The lowest BCUT2D eigenvalue weighted by molar-refractivity contribution is 0.430. The summed E-state index contributed by atoms with van der Waals surface area (Å²) in [4.78, 5) is 0. The van der Waals surface area contributed by atoms with Crippen LogP contribution >= 0.6 is 0 Å². The van der Waals surface area contributed by atoms with Crippen LogP contribution in [0.15, 0.2) is 12.2 Å². The Morgan fingerprint density at radius 2 is 1.07 bits per heavy atom. The van der Waals surface area contributed by atoms with Crippen LogP contribution in [0.1, 0.15) is 129 Å². The van der Waals surface area contributed by atoms with Gasteiger partial charge >= 0.3 is 0 Å². The Kier molecular flexibility index (Phi) is 21.7. The first kappa shape index (κ1) is 25.7. The SMILES string of the molecule is CC(CCCCCCCCC=CC#N)CCCCCCCCCCCC#N. The molecule has 0 heterocycles. The molecule has 27 heavy (non-hydrogen) atoms. The first-order valence-electron chi connectivity index (χ1n) is 11.7. The lowest BCUT2D eigenvalue weighted by atomic mass is 9.95. The van der Waals surface area contributed by atoms with Crippen molar-refractivity contribution < 1.29 is 0 Å². The van der Waals surface area contributed by atoms with Gasteiger partial charge in [0, 0.05) is 12.5 Å². The molecule has 0 aromatic heterocycles. The minimum absolute atomic E-state index is 0.736. The standard InChI is InChI=1S/C25H44N2/c1-25(22-18-14-10-6-4-8-12-16-20-24-27)21-17-13-9-5-2-3-7-11-15-19-23-26/h16,20,25H,2-15,17-19,21-22H2,1H3. The fourth-order valence-corrected chi connectivity index (χ4v) is 3.68. The third kappa shape index (κ3) is 22.7. The number of nitriles is 2. The number of allylic oxidation sites excluding steroid dienone is 2. The van der Waals surface area contributed by atoms with Gasteiger partial charge in [0.1, 0.15) is 0 Å². The van der Waals surface area contributed by atoms with Crippen molar-refractivity contribution in [1.82, 2.24) is 0 Å². The number of unbranched alkanes of at least 4 members (excludes halogenated alkanes) is 15. The summed E-state index contributed by atoms with van der Waals surface area (Å²) in [5, 5.41) is 16.9. The van der Waals surface area contributed by atoms with E-state index in [0.29, 0.717) is 0 Å². The Morgan fingerprint density at radius 3 is 1.56 bits per heavy atom. The molecule has 0 N–H and O–H groups in total. The van der Waals surface area contributed by atoms with Crippen LogP contribution in [-0.2, 0) is 0 Å². The van der Waals surface area contributed by atoms with Gasteiger partial charge in [-0.1, -0.05) is 109 Å². The molecule has 1 unspecified atom stereocenters. The molecule has 0 aliphatic heterocycles. The summed E-state index contributed by atoms with van der Waals surface area (Å²) in [7, 11) is 0. The second kappa shape index (κ2) is 22.8. The van der Waals surface area contributed by atoms with Crippen molar-refractivity contribution in [3.8, 4) is 12.1 Å². The van der Waals surface area contributed by atoms with Crippen molar-refractivity contribution in [3.05, 3.63) is 12.2 Å². The Morgan fingerprint density at radius 1 is 0.630 bits per heavy atom. The largest absolute Gasteiger partial charge is 0.198 e. The van der Waals surface area contributed by atoms with E-state index in [1.807, 2.05) is 12.1 Å². The summed E-state index contributed by atoms with van der Waals surface area (Å²) in [5.74, 6) is 0.904. The van der Waals surface area contributed by atoms with Crippen LogP contribution in [0, 0.1) is 28.6 Å². The summed E-state index contributed by atoms with van der Waals surface area (Å²) in [6.07, 6.45) is 28.3. The van der Waals surface area contributed by atoms with Gasteiger partial charge in [-0.15, -0.1) is 0 Å². The van der Waals surface area contributed by atoms with E-state index in [4.69, 9.17) is 10.5 Å². The normalized spacial score (nSPS) is 12.1. The molecule has 0 radical (unpaired) electrons. The van der Waals surface area contributed by atoms with E-state index in [0.717, 1.165) is 25.2 Å². The summed E-state index contributed by atoms with van der Waals surface area (Å²) in [6, 6.07) is 4.27. The molecule has 154 valence electrons. The van der Waals surface area contributed by atoms with Gasteiger partial charge in [0.2, 0.25) is 0 Å². The molecular formula is C25H44N2. The molecule has 0 amide bonds. The van der Waals surface area contributed by atoms with Gasteiger partial charge in [-0.05, 0) is 25.2 Å². The molecule has 1 atom stereocenters. The fourth-order valence-electron chi connectivity index (χ4n) is 3.68. The Labute approximate surface area is 170 Å². The molecular weight excluding hydrogens is 328 g/mol. The highest BCUT2D eigenvalue weighted by atomic mass is 14.2. The lowest BCUT2D eigenvalue weighted by Crippen LogP contribution is -1.95. The fraction of sp³-hybridized carbons (Fsp3) is 0.840. The first-order valence-corrected chi connectivity index (χ1v) is 11.7. The highest BCUT2D eigenvalue weighted by Crippen LogP contribution is 2.19. The molecule has 0 bridgehead atoms. The van der Waals surface area contributed by atoms with Gasteiger partial charge in [0.05, 0.1) is 12.1 Å². The van der Waals surface area contributed by atoms with E-state index in [1.54, 1.807) is 6.08 Å². The maximum atomic E-state index is 8.49.